The van der Waals surface area contributed by atoms with Crippen LogP contribution >= 0.6 is 0 Å². The summed E-state index contributed by atoms with van der Waals surface area (Å²) in [6.45, 7) is 0.471. The van der Waals surface area contributed by atoms with E-state index < -0.39 is 11.6 Å². The summed E-state index contributed by atoms with van der Waals surface area (Å²) in [6, 6.07) is 23.3. The van der Waals surface area contributed by atoms with Crippen molar-refractivity contribution >= 4 is 21.8 Å². The minimum Gasteiger partial charge on any atom is -0.497 e. The number of ether oxygens (including phenoxy) is 1. The lowest BCUT2D eigenvalue weighted by atomic mass is 10.1. The first-order valence-corrected chi connectivity index (χ1v) is 9.60. The summed E-state index contributed by atoms with van der Waals surface area (Å²) in [4.78, 5) is 4.63. The van der Waals surface area contributed by atoms with Gasteiger partial charge in [0, 0.05) is 12.6 Å². The lowest BCUT2D eigenvalue weighted by molar-refractivity contribution is 0.415. The fourth-order valence-corrected chi connectivity index (χ4v) is 3.79. The average molecular weight is 400 g/mol. The maximum Gasteiger partial charge on any atom is 0.144 e. The molecule has 5 heteroatoms. The van der Waals surface area contributed by atoms with Crippen molar-refractivity contribution in [3.8, 4) is 17.1 Å². The van der Waals surface area contributed by atoms with E-state index in [-0.39, 0.29) is 5.56 Å². The summed E-state index contributed by atoms with van der Waals surface area (Å²) < 4.78 is 35.7. The maximum absolute atomic E-state index is 14.6. The molecule has 0 radical (unpaired) electrons. The minimum atomic E-state index is -0.515. The van der Waals surface area contributed by atoms with Crippen LogP contribution in [0.4, 0.5) is 8.78 Å². The van der Waals surface area contributed by atoms with Crippen LogP contribution in [0.2, 0.25) is 0 Å². The number of aromatic nitrogens is 2. The number of nitrogens with zero attached hydrogens (tertiary/aromatic N) is 2. The van der Waals surface area contributed by atoms with Crippen molar-refractivity contribution in [3.63, 3.8) is 0 Å². The molecule has 5 aromatic rings. The van der Waals surface area contributed by atoms with E-state index in [0.29, 0.717) is 23.6 Å². The number of imidazole rings is 1. The molecule has 3 nitrogen and oxygen atoms in total. The van der Waals surface area contributed by atoms with Crippen LogP contribution in [0, 0.1) is 11.6 Å². The lowest BCUT2D eigenvalue weighted by Gasteiger charge is -2.11. The van der Waals surface area contributed by atoms with E-state index in [1.165, 1.54) is 6.07 Å². The van der Waals surface area contributed by atoms with Crippen molar-refractivity contribution < 1.29 is 13.5 Å². The first kappa shape index (κ1) is 18.3. The topological polar surface area (TPSA) is 27.1 Å². The van der Waals surface area contributed by atoms with Crippen LogP contribution in [0.15, 0.2) is 78.9 Å². The highest BCUT2D eigenvalue weighted by Gasteiger charge is 2.18. The Balaban J connectivity index is 1.70. The number of rotatable bonds is 4. The van der Waals surface area contributed by atoms with E-state index in [2.05, 4.69) is 29.2 Å². The zero-order valence-corrected chi connectivity index (χ0v) is 16.3. The zero-order chi connectivity index (χ0) is 20.7. The molecule has 4 aromatic carbocycles. The molecule has 0 unspecified atom stereocenters. The largest absolute Gasteiger partial charge is 0.497 e. The molecule has 0 atom stereocenters. The van der Waals surface area contributed by atoms with Crippen molar-refractivity contribution in [2.45, 2.75) is 6.54 Å². The van der Waals surface area contributed by atoms with Gasteiger partial charge in [-0.15, -0.1) is 0 Å². The molecule has 1 heterocycles. The van der Waals surface area contributed by atoms with Crippen LogP contribution in [-0.2, 0) is 6.54 Å². The highest BCUT2D eigenvalue weighted by atomic mass is 19.1. The third kappa shape index (κ3) is 3.18. The summed E-state index contributed by atoms with van der Waals surface area (Å²) in [7, 11) is 1.58. The van der Waals surface area contributed by atoms with Gasteiger partial charge in [0.25, 0.3) is 0 Å². The Bertz CT molecular complexity index is 1390. The van der Waals surface area contributed by atoms with Gasteiger partial charge >= 0.3 is 0 Å². The zero-order valence-electron chi connectivity index (χ0n) is 16.3. The molecule has 0 saturated carbocycles. The molecule has 1 aromatic heterocycles. The summed E-state index contributed by atoms with van der Waals surface area (Å²) in [6.07, 6.45) is 0. The van der Waals surface area contributed by atoms with E-state index in [1.54, 1.807) is 13.2 Å². The Morgan fingerprint density at radius 1 is 0.867 bits per heavy atom. The highest BCUT2D eigenvalue weighted by molar-refractivity contribution is 5.84. The van der Waals surface area contributed by atoms with Gasteiger partial charge in [-0.3, -0.25) is 0 Å². The molecule has 0 aliphatic heterocycles. The monoisotopic (exact) mass is 400 g/mol. The van der Waals surface area contributed by atoms with E-state index in [9.17, 15) is 8.78 Å². The van der Waals surface area contributed by atoms with Gasteiger partial charge < -0.3 is 9.30 Å². The van der Waals surface area contributed by atoms with Gasteiger partial charge in [0.1, 0.15) is 23.2 Å². The van der Waals surface area contributed by atoms with Gasteiger partial charge in [-0.1, -0.05) is 36.4 Å². The molecule has 148 valence electrons. The van der Waals surface area contributed by atoms with Crippen molar-refractivity contribution in [2.24, 2.45) is 0 Å². The average Bonchev–Trinajstić information content (AvgIpc) is 3.12. The normalized spacial score (nSPS) is 11.3. The molecule has 0 amide bonds. The predicted octanol–water partition coefficient (Wildman–Crippen LogP) is 6.19. The third-order valence-electron chi connectivity index (χ3n) is 5.28. The molecular weight excluding hydrogens is 382 g/mol. The van der Waals surface area contributed by atoms with Crippen LogP contribution in [0.1, 0.15) is 5.56 Å². The van der Waals surface area contributed by atoms with Crippen LogP contribution in [-0.4, -0.2) is 16.7 Å². The molecule has 0 aliphatic rings. The number of hydrogen-bond donors (Lipinski definition) is 0. The standard InChI is InChI=1S/C25H18F2N2O/c1-30-20-9-11-24-23(14-20)28-25(21-13-19(26)8-10-22(21)27)29(24)15-16-6-7-17-4-2-3-5-18(17)12-16/h2-14H,15H2,1H3. The predicted molar refractivity (Wildman–Crippen MR) is 115 cm³/mol. The lowest BCUT2D eigenvalue weighted by Crippen LogP contribution is -2.03. The minimum absolute atomic E-state index is 0.131. The van der Waals surface area contributed by atoms with Crippen LogP contribution in [0.5, 0.6) is 5.75 Å². The van der Waals surface area contributed by atoms with Crippen molar-refractivity contribution in [1.29, 1.82) is 0 Å². The molecule has 0 saturated heterocycles. The smallest absolute Gasteiger partial charge is 0.144 e. The second-order valence-electron chi connectivity index (χ2n) is 7.18. The first-order valence-electron chi connectivity index (χ1n) is 9.60. The first-order chi connectivity index (χ1) is 14.6. The second-order valence-corrected chi connectivity index (χ2v) is 7.18. The molecular formula is C25H18F2N2O. The number of hydrogen-bond acceptors (Lipinski definition) is 2. The molecule has 0 fully saturated rings. The quantitative estimate of drug-likeness (QED) is 0.360. The van der Waals surface area contributed by atoms with Crippen molar-refractivity contribution in [3.05, 3.63) is 96.1 Å². The summed E-state index contributed by atoms with van der Waals surface area (Å²) >= 11 is 0. The SMILES string of the molecule is COc1ccc2c(c1)nc(-c1cc(F)ccc1F)n2Cc1ccc2ccccc2c1. The number of benzene rings is 4. The molecule has 30 heavy (non-hydrogen) atoms. The Labute approximate surface area is 172 Å². The van der Waals surface area contributed by atoms with E-state index in [1.807, 2.05) is 34.9 Å². The Kier molecular flexibility index (Phi) is 4.43. The molecule has 0 N–H and O–H groups in total. The summed E-state index contributed by atoms with van der Waals surface area (Å²) in [5.74, 6) is 0.0132. The van der Waals surface area contributed by atoms with Gasteiger partial charge in [0.15, 0.2) is 0 Å². The van der Waals surface area contributed by atoms with E-state index in [4.69, 9.17) is 4.74 Å². The molecule has 0 bridgehead atoms. The van der Waals surface area contributed by atoms with Gasteiger partial charge in [0.2, 0.25) is 0 Å². The fourth-order valence-electron chi connectivity index (χ4n) is 3.79. The number of fused-ring (bicyclic) bond motifs is 2. The maximum atomic E-state index is 14.6. The Morgan fingerprint density at radius 3 is 2.53 bits per heavy atom. The second kappa shape index (κ2) is 7.26. The van der Waals surface area contributed by atoms with E-state index >= 15 is 0 Å². The van der Waals surface area contributed by atoms with Crippen LogP contribution in [0.3, 0.4) is 0 Å². The van der Waals surface area contributed by atoms with E-state index in [0.717, 1.165) is 34.0 Å². The number of methoxy groups -OCH3 is 1. The van der Waals surface area contributed by atoms with Gasteiger partial charge in [-0.05, 0) is 52.7 Å². The Hall–Kier alpha value is -3.73. The van der Waals surface area contributed by atoms with Gasteiger partial charge in [-0.2, -0.15) is 0 Å². The van der Waals surface area contributed by atoms with Crippen LogP contribution in [0.25, 0.3) is 33.2 Å². The fraction of sp³-hybridized carbons (Fsp3) is 0.0800. The van der Waals surface area contributed by atoms with Crippen molar-refractivity contribution in [2.75, 3.05) is 7.11 Å². The van der Waals surface area contributed by atoms with Crippen LogP contribution < -0.4 is 4.74 Å². The van der Waals surface area contributed by atoms with Gasteiger partial charge in [0.05, 0.1) is 23.7 Å². The molecule has 0 spiro atoms. The number of halogens is 2. The highest BCUT2D eigenvalue weighted by Crippen LogP contribution is 2.30. The molecule has 5 rings (SSSR count). The summed E-state index contributed by atoms with van der Waals surface area (Å²) in [5.41, 5.74) is 2.66. The van der Waals surface area contributed by atoms with Gasteiger partial charge in [-0.25, -0.2) is 13.8 Å². The third-order valence-corrected chi connectivity index (χ3v) is 5.28. The molecule has 0 aliphatic carbocycles. The Morgan fingerprint density at radius 2 is 1.70 bits per heavy atom. The summed E-state index contributed by atoms with van der Waals surface area (Å²) in [5, 5.41) is 2.28. The van der Waals surface area contributed by atoms with Crippen molar-refractivity contribution in [1.82, 2.24) is 9.55 Å².